The van der Waals surface area contributed by atoms with Crippen molar-refractivity contribution in [3.8, 4) is 51.2 Å². The van der Waals surface area contributed by atoms with Crippen molar-refractivity contribution in [3.63, 3.8) is 0 Å². The average Bonchev–Trinajstić information content (AvgIpc) is 3.78. The third-order valence-electron chi connectivity index (χ3n) is 14.2. The van der Waals surface area contributed by atoms with E-state index in [1.54, 1.807) is 24.3 Å². The average molecular weight is 914 g/mol. The van der Waals surface area contributed by atoms with Crippen LogP contribution in [0.5, 0.6) is 0 Å². The third kappa shape index (κ3) is 6.57. The Morgan fingerprint density at radius 1 is 0.389 bits per heavy atom. The van der Waals surface area contributed by atoms with Gasteiger partial charge in [0.1, 0.15) is 0 Å². The number of hydrogen-bond acceptors (Lipinski definition) is 4. The molecule has 2 aliphatic heterocycles. The van der Waals surface area contributed by atoms with Crippen LogP contribution in [-0.4, -0.2) is 11.3 Å². The van der Waals surface area contributed by atoms with E-state index in [0.717, 1.165) is 89.4 Å². The molecular weight excluding hydrogens is 878 g/mol. The molecule has 2 aliphatic rings. The number of aromatic nitrogens is 1. The first kappa shape index (κ1) is 41.8. The van der Waals surface area contributed by atoms with E-state index in [1.807, 2.05) is 24.3 Å². The molecule has 0 saturated heterocycles. The summed E-state index contributed by atoms with van der Waals surface area (Å²) in [7, 11) is 0. The SMILES string of the molecule is [C-]#[N+]c1cc(C#N)cc(-c2ccc(-n3c4ccccc4c4cc(-c5cc6c7c(c5)N(c5ccccc5)c5ccccc5B7c5ccccc5N6c5ccccc5)ccc43)c(-c3cc(C#N)cc([N+]#[C-])c3)c2)c1. The molecule has 0 bridgehead atoms. The van der Waals surface area contributed by atoms with Gasteiger partial charge < -0.3 is 14.4 Å². The van der Waals surface area contributed by atoms with Gasteiger partial charge in [-0.05, 0) is 159 Å². The van der Waals surface area contributed by atoms with Crippen molar-refractivity contribution in [2.24, 2.45) is 0 Å². The van der Waals surface area contributed by atoms with Crippen LogP contribution in [-0.2, 0) is 0 Å². The van der Waals surface area contributed by atoms with Gasteiger partial charge in [0.25, 0.3) is 6.71 Å². The van der Waals surface area contributed by atoms with E-state index in [1.165, 1.54) is 16.4 Å². The second-order valence-electron chi connectivity index (χ2n) is 18.1. The van der Waals surface area contributed by atoms with Crippen LogP contribution in [0.1, 0.15) is 11.1 Å². The van der Waals surface area contributed by atoms with E-state index in [2.05, 4.69) is 206 Å². The lowest BCUT2D eigenvalue weighted by molar-refractivity contribution is 1.18. The van der Waals surface area contributed by atoms with Gasteiger partial charge in [-0.15, -0.1) is 0 Å². The van der Waals surface area contributed by atoms with Crippen LogP contribution in [0.15, 0.2) is 218 Å². The Hall–Kier alpha value is -10.4. The molecule has 3 heterocycles. The van der Waals surface area contributed by atoms with Gasteiger partial charge in [-0.2, -0.15) is 10.5 Å². The van der Waals surface area contributed by atoms with E-state index in [0.29, 0.717) is 28.1 Å². The van der Waals surface area contributed by atoms with Crippen LogP contribution in [0.3, 0.4) is 0 Å². The molecule has 0 radical (unpaired) electrons. The van der Waals surface area contributed by atoms with Gasteiger partial charge >= 0.3 is 0 Å². The van der Waals surface area contributed by atoms with Crippen molar-refractivity contribution >= 4 is 90.4 Å². The molecule has 10 aromatic carbocycles. The minimum Gasteiger partial charge on any atom is -0.311 e. The fourth-order valence-electron chi connectivity index (χ4n) is 11.1. The lowest BCUT2D eigenvalue weighted by Crippen LogP contribution is -2.61. The zero-order valence-electron chi connectivity index (χ0n) is 38.5. The van der Waals surface area contributed by atoms with Crippen molar-refractivity contribution in [2.45, 2.75) is 0 Å². The molecule has 0 saturated carbocycles. The number of nitriles is 2. The number of anilines is 6. The molecule has 0 N–H and O–H groups in total. The zero-order chi connectivity index (χ0) is 48.5. The molecule has 8 heteroatoms. The topological polar surface area (TPSA) is 67.7 Å². The van der Waals surface area contributed by atoms with Crippen LogP contribution < -0.4 is 26.2 Å². The van der Waals surface area contributed by atoms with Gasteiger partial charge in [0, 0.05) is 61.6 Å². The van der Waals surface area contributed by atoms with Gasteiger partial charge in [0.05, 0.1) is 42.0 Å². The van der Waals surface area contributed by atoms with Crippen molar-refractivity contribution in [2.75, 3.05) is 9.80 Å². The summed E-state index contributed by atoms with van der Waals surface area (Å²) >= 11 is 0. The Labute approximate surface area is 416 Å². The van der Waals surface area contributed by atoms with Crippen LogP contribution in [0, 0.1) is 35.8 Å². The first-order valence-corrected chi connectivity index (χ1v) is 23.6. The Kier molecular flexibility index (Phi) is 9.69. The molecule has 7 nitrogen and oxygen atoms in total. The summed E-state index contributed by atoms with van der Waals surface area (Å²) in [5.74, 6) is 0. The van der Waals surface area contributed by atoms with E-state index >= 15 is 0 Å². The Bertz CT molecular complexity index is 4070. The summed E-state index contributed by atoms with van der Waals surface area (Å²) in [5, 5.41) is 22.2. The molecule has 72 heavy (non-hydrogen) atoms. The van der Waals surface area contributed by atoms with E-state index < -0.39 is 0 Å². The van der Waals surface area contributed by atoms with Crippen molar-refractivity contribution in [1.29, 1.82) is 10.5 Å². The van der Waals surface area contributed by atoms with Crippen LogP contribution in [0.4, 0.5) is 45.5 Å². The monoisotopic (exact) mass is 913 g/mol. The summed E-state index contributed by atoms with van der Waals surface area (Å²) < 4.78 is 2.27. The quantitative estimate of drug-likeness (QED) is 0.123. The number of para-hydroxylation sites is 5. The van der Waals surface area contributed by atoms with Crippen molar-refractivity contribution < 1.29 is 0 Å². The molecule has 0 atom stereocenters. The Balaban J connectivity index is 1.06. The van der Waals surface area contributed by atoms with Crippen molar-refractivity contribution in [3.05, 3.63) is 252 Å². The maximum atomic E-state index is 10.2. The highest BCUT2D eigenvalue weighted by Gasteiger charge is 2.43. The fourth-order valence-corrected chi connectivity index (χ4v) is 11.1. The highest BCUT2D eigenvalue weighted by atomic mass is 15.2. The zero-order valence-corrected chi connectivity index (χ0v) is 38.5. The minimum atomic E-state index is 0.00198. The standard InChI is InChI=1S/C64H36BN7/c1-68-48-31-41(39-66)29-45(33-48)43-25-27-58(53(35-43)47-30-42(40-67)32-49(34-47)69-2)72-57-22-12-9-19-52(57)54-36-44(26-28-59(54)72)46-37-62-64-63(38-46)71(51-17-7-4-8-18-51)61-24-14-11-21-56(61)65(64)55-20-10-13-23-60(55)70(62)50-15-5-3-6-16-50/h3-38H. The molecule has 11 aromatic rings. The molecule has 0 amide bonds. The number of nitrogens with zero attached hydrogens (tertiary/aromatic N) is 7. The smallest absolute Gasteiger partial charge is 0.252 e. The number of rotatable bonds is 6. The van der Waals surface area contributed by atoms with Gasteiger partial charge in [-0.3, -0.25) is 0 Å². The fraction of sp³-hybridized carbons (Fsp3) is 0. The van der Waals surface area contributed by atoms with E-state index in [-0.39, 0.29) is 6.71 Å². The molecule has 0 spiro atoms. The van der Waals surface area contributed by atoms with Gasteiger partial charge in [0.2, 0.25) is 0 Å². The number of benzene rings is 10. The van der Waals surface area contributed by atoms with Gasteiger partial charge in [-0.1, -0.05) is 103 Å². The minimum absolute atomic E-state index is 0.00198. The lowest BCUT2D eigenvalue weighted by Gasteiger charge is -2.44. The molecule has 0 aliphatic carbocycles. The van der Waals surface area contributed by atoms with Crippen molar-refractivity contribution in [1.82, 2.24) is 4.57 Å². The predicted molar refractivity (Wildman–Crippen MR) is 293 cm³/mol. The normalized spacial score (nSPS) is 12.0. The largest absolute Gasteiger partial charge is 0.311 e. The summed E-state index contributed by atoms with van der Waals surface area (Å²) in [4.78, 5) is 12.3. The first-order chi connectivity index (χ1) is 35.5. The molecule has 330 valence electrons. The molecule has 0 fully saturated rings. The van der Waals surface area contributed by atoms with E-state index in [4.69, 9.17) is 13.1 Å². The first-order valence-electron chi connectivity index (χ1n) is 23.6. The van der Waals surface area contributed by atoms with Gasteiger partial charge in [0.15, 0.2) is 11.4 Å². The summed E-state index contributed by atoms with van der Waals surface area (Å²) in [6.45, 7) is 15.7. The highest BCUT2D eigenvalue weighted by Crippen LogP contribution is 2.47. The molecular formula is C64H36BN7. The van der Waals surface area contributed by atoms with Crippen LogP contribution in [0.25, 0.3) is 70.6 Å². The molecule has 1 aromatic heterocycles. The predicted octanol–water partition coefficient (Wildman–Crippen LogP) is 14.7. The Morgan fingerprint density at radius 3 is 1.50 bits per heavy atom. The highest BCUT2D eigenvalue weighted by molar-refractivity contribution is 7.00. The van der Waals surface area contributed by atoms with Gasteiger partial charge in [-0.25, -0.2) is 9.69 Å². The Morgan fingerprint density at radius 2 is 0.889 bits per heavy atom. The second-order valence-corrected chi connectivity index (χ2v) is 18.1. The number of hydrogen-bond donors (Lipinski definition) is 0. The summed E-state index contributed by atoms with van der Waals surface area (Å²) in [5.41, 5.74) is 20.0. The second kappa shape index (κ2) is 16.7. The van der Waals surface area contributed by atoms with Crippen LogP contribution in [0.2, 0.25) is 0 Å². The maximum Gasteiger partial charge on any atom is 0.252 e. The summed E-state index contributed by atoms with van der Waals surface area (Å²) in [6.07, 6.45) is 0. The third-order valence-corrected chi connectivity index (χ3v) is 14.2. The maximum absolute atomic E-state index is 10.2. The lowest BCUT2D eigenvalue weighted by atomic mass is 9.33. The summed E-state index contributed by atoms with van der Waals surface area (Å²) in [6, 6.07) is 79.9. The molecule has 0 unspecified atom stereocenters. The molecule has 13 rings (SSSR count). The van der Waals surface area contributed by atoms with Crippen LogP contribution >= 0.6 is 0 Å². The van der Waals surface area contributed by atoms with E-state index in [9.17, 15) is 10.5 Å². The number of fused-ring (bicyclic) bond motifs is 7.